The average molecular weight is 381 g/mol. The lowest BCUT2D eigenvalue weighted by atomic mass is 9.79. The number of aromatic nitrogens is 1. The highest BCUT2D eigenvalue weighted by molar-refractivity contribution is 6.62. The van der Waals surface area contributed by atoms with Crippen molar-refractivity contribution in [2.75, 3.05) is 0 Å². The van der Waals surface area contributed by atoms with Gasteiger partial charge in [-0.2, -0.15) is 0 Å². The summed E-state index contributed by atoms with van der Waals surface area (Å²) in [5.41, 5.74) is 2.32. The van der Waals surface area contributed by atoms with Crippen LogP contribution in [0.1, 0.15) is 27.7 Å². The molecule has 0 spiro atoms. The third-order valence-corrected chi connectivity index (χ3v) is 6.35. The van der Waals surface area contributed by atoms with Gasteiger partial charge < -0.3 is 9.31 Å². The molecule has 1 fully saturated rings. The Labute approximate surface area is 171 Å². The van der Waals surface area contributed by atoms with Gasteiger partial charge in [-0.3, -0.25) is 4.98 Å². The number of fused-ring (bicyclic) bond motifs is 3. The molecule has 29 heavy (non-hydrogen) atoms. The van der Waals surface area contributed by atoms with Gasteiger partial charge in [-0.25, -0.2) is 0 Å². The fourth-order valence-corrected chi connectivity index (χ4v) is 3.99. The Morgan fingerprint density at radius 2 is 1.34 bits per heavy atom. The van der Waals surface area contributed by atoms with Crippen molar-refractivity contribution in [1.82, 2.24) is 4.98 Å². The van der Waals surface area contributed by atoms with Crippen LogP contribution in [0.15, 0.2) is 72.9 Å². The van der Waals surface area contributed by atoms with E-state index >= 15 is 0 Å². The fraction of sp³-hybridized carbons (Fsp3) is 0.240. The summed E-state index contributed by atoms with van der Waals surface area (Å²) in [4.78, 5) is 4.70. The first-order valence-electron chi connectivity index (χ1n) is 10.1. The van der Waals surface area contributed by atoms with Crippen LogP contribution in [0, 0.1) is 0 Å². The Kier molecular flexibility index (Phi) is 4.06. The molecule has 0 saturated carbocycles. The summed E-state index contributed by atoms with van der Waals surface area (Å²) in [6, 6.07) is 23.3. The van der Waals surface area contributed by atoms with Crippen molar-refractivity contribution < 1.29 is 9.31 Å². The quantitative estimate of drug-likeness (QED) is 0.346. The van der Waals surface area contributed by atoms with E-state index in [0.29, 0.717) is 0 Å². The second-order valence-electron chi connectivity index (χ2n) is 8.75. The van der Waals surface area contributed by atoms with E-state index in [2.05, 4.69) is 88.4 Å². The lowest BCUT2D eigenvalue weighted by molar-refractivity contribution is 0.00578. The molecule has 0 radical (unpaired) electrons. The first kappa shape index (κ1) is 18.4. The summed E-state index contributed by atoms with van der Waals surface area (Å²) < 4.78 is 12.5. The van der Waals surface area contributed by atoms with E-state index in [-0.39, 0.29) is 11.2 Å². The van der Waals surface area contributed by atoms with Crippen LogP contribution >= 0.6 is 0 Å². The molecule has 144 valence electrons. The Balaban J connectivity index is 1.66. The molecule has 1 aliphatic rings. The third-order valence-electron chi connectivity index (χ3n) is 6.35. The van der Waals surface area contributed by atoms with Gasteiger partial charge >= 0.3 is 7.12 Å². The number of hydrogen-bond acceptors (Lipinski definition) is 3. The highest BCUT2D eigenvalue weighted by Crippen LogP contribution is 2.37. The monoisotopic (exact) mass is 381 g/mol. The van der Waals surface area contributed by atoms with Crippen molar-refractivity contribution in [2.24, 2.45) is 0 Å². The highest BCUT2D eigenvalue weighted by Gasteiger charge is 2.51. The van der Waals surface area contributed by atoms with Gasteiger partial charge in [0.25, 0.3) is 0 Å². The van der Waals surface area contributed by atoms with E-state index < -0.39 is 7.12 Å². The van der Waals surface area contributed by atoms with Gasteiger partial charge in [0.1, 0.15) is 0 Å². The van der Waals surface area contributed by atoms with Crippen molar-refractivity contribution in [3.8, 4) is 11.3 Å². The molecule has 0 unspecified atom stereocenters. The summed E-state index contributed by atoms with van der Waals surface area (Å²) in [5.74, 6) is 0. The number of hydrogen-bond donors (Lipinski definition) is 0. The molecule has 3 aromatic carbocycles. The topological polar surface area (TPSA) is 31.4 Å². The zero-order valence-electron chi connectivity index (χ0n) is 17.3. The summed E-state index contributed by atoms with van der Waals surface area (Å²) in [5, 5.41) is 4.91. The van der Waals surface area contributed by atoms with Gasteiger partial charge in [0.15, 0.2) is 0 Å². The first-order valence-corrected chi connectivity index (χ1v) is 10.1. The summed E-state index contributed by atoms with van der Waals surface area (Å²) >= 11 is 0. The van der Waals surface area contributed by atoms with Crippen LogP contribution in [0.3, 0.4) is 0 Å². The van der Waals surface area contributed by atoms with Crippen LogP contribution in [0.5, 0.6) is 0 Å². The van der Waals surface area contributed by atoms with Gasteiger partial charge in [-0.1, -0.05) is 48.5 Å². The van der Waals surface area contributed by atoms with Crippen LogP contribution in [0.4, 0.5) is 0 Å². The minimum absolute atomic E-state index is 0.364. The molecule has 0 atom stereocenters. The lowest BCUT2D eigenvalue weighted by Gasteiger charge is -2.32. The molecule has 0 amide bonds. The van der Waals surface area contributed by atoms with Crippen molar-refractivity contribution in [2.45, 2.75) is 38.9 Å². The van der Waals surface area contributed by atoms with Crippen molar-refractivity contribution in [3.05, 3.63) is 72.9 Å². The normalized spacial score (nSPS) is 17.9. The Morgan fingerprint density at radius 3 is 2.07 bits per heavy atom. The molecule has 0 aliphatic carbocycles. The molecule has 1 aliphatic heterocycles. The minimum Gasteiger partial charge on any atom is -0.399 e. The van der Waals surface area contributed by atoms with Crippen LogP contribution in [0.25, 0.3) is 32.8 Å². The molecule has 0 N–H and O–H groups in total. The molecule has 5 rings (SSSR count). The smallest absolute Gasteiger partial charge is 0.399 e. The van der Waals surface area contributed by atoms with Crippen molar-refractivity contribution >= 4 is 34.1 Å². The van der Waals surface area contributed by atoms with E-state index in [1.165, 1.54) is 21.5 Å². The third kappa shape index (κ3) is 2.95. The van der Waals surface area contributed by atoms with Crippen LogP contribution in [0.2, 0.25) is 0 Å². The molecule has 1 aromatic heterocycles. The van der Waals surface area contributed by atoms with Gasteiger partial charge in [0.2, 0.25) is 0 Å². The van der Waals surface area contributed by atoms with E-state index in [4.69, 9.17) is 14.3 Å². The van der Waals surface area contributed by atoms with Gasteiger partial charge in [-0.05, 0) is 72.9 Å². The predicted molar refractivity (Wildman–Crippen MR) is 120 cm³/mol. The van der Waals surface area contributed by atoms with Crippen LogP contribution in [-0.2, 0) is 9.31 Å². The van der Waals surface area contributed by atoms with E-state index in [1.54, 1.807) is 0 Å². The molecular formula is C25H24BNO2. The van der Waals surface area contributed by atoms with Crippen LogP contribution in [-0.4, -0.2) is 23.3 Å². The fourth-order valence-electron chi connectivity index (χ4n) is 3.99. The highest BCUT2D eigenvalue weighted by atomic mass is 16.7. The SMILES string of the molecule is CC1(C)OB(c2ccnc(-c3cc4ccccc4c4ccccc34)c2)OC1(C)C. The molecule has 2 heterocycles. The maximum atomic E-state index is 6.25. The standard InChI is InChI=1S/C25H24BNO2/c1-24(2)25(3,4)29-26(28-24)18-13-14-27-23(16-18)22-15-17-9-5-6-10-19(17)20-11-7-8-12-21(20)22/h5-16H,1-4H3. The minimum atomic E-state index is -0.395. The summed E-state index contributed by atoms with van der Waals surface area (Å²) in [6.07, 6.45) is 1.85. The maximum Gasteiger partial charge on any atom is 0.494 e. The zero-order valence-corrected chi connectivity index (χ0v) is 17.3. The summed E-state index contributed by atoms with van der Waals surface area (Å²) in [7, 11) is -0.395. The molecule has 4 heteroatoms. The van der Waals surface area contributed by atoms with Gasteiger partial charge in [0, 0.05) is 11.8 Å². The predicted octanol–water partition coefficient (Wildman–Crippen LogP) is 5.35. The second-order valence-corrected chi connectivity index (χ2v) is 8.75. The zero-order chi connectivity index (χ0) is 20.2. The first-order chi connectivity index (χ1) is 13.9. The van der Waals surface area contributed by atoms with Gasteiger partial charge in [-0.15, -0.1) is 0 Å². The summed E-state index contributed by atoms with van der Waals surface area (Å²) in [6.45, 7) is 8.30. The molecular weight excluding hydrogens is 357 g/mol. The molecule has 0 bridgehead atoms. The molecule has 1 saturated heterocycles. The van der Waals surface area contributed by atoms with Crippen LogP contribution < -0.4 is 5.46 Å². The molecule has 3 nitrogen and oxygen atoms in total. The lowest BCUT2D eigenvalue weighted by Crippen LogP contribution is -2.41. The van der Waals surface area contributed by atoms with E-state index in [9.17, 15) is 0 Å². The number of benzene rings is 3. The van der Waals surface area contributed by atoms with E-state index in [1.807, 2.05) is 12.3 Å². The molecule has 4 aromatic rings. The number of rotatable bonds is 2. The Bertz CT molecular complexity index is 1220. The van der Waals surface area contributed by atoms with Crippen molar-refractivity contribution in [1.29, 1.82) is 0 Å². The average Bonchev–Trinajstić information content (AvgIpc) is 2.95. The second kappa shape index (κ2) is 6.41. The van der Waals surface area contributed by atoms with E-state index in [0.717, 1.165) is 16.7 Å². The largest absolute Gasteiger partial charge is 0.494 e. The number of nitrogens with zero attached hydrogens (tertiary/aromatic N) is 1. The van der Waals surface area contributed by atoms with Gasteiger partial charge in [0.05, 0.1) is 16.9 Å². The number of pyridine rings is 1. The Hall–Kier alpha value is -2.69. The Morgan fingerprint density at radius 1 is 0.724 bits per heavy atom. The maximum absolute atomic E-state index is 6.25. The van der Waals surface area contributed by atoms with Crippen molar-refractivity contribution in [3.63, 3.8) is 0 Å².